The predicted octanol–water partition coefficient (Wildman–Crippen LogP) is 1.75. The Morgan fingerprint density at radius 1 is 1.19 bits per heavy atom. The lowest BCUT2D eigenvalue weighted by Gasteiger charge is -2.13. The van der Waals surface area contributed by atoms with Crippen LogP contribution >= 0.6 is 0 Å². The molecule has 1 aliphatic rings. The molecule has 6 nitrogen and oxygen atoms in total. The summed E-state index contributed by atoms with van der Waals surface area (Å²) in [6.45, 7) is -2.74. The number of carbonyl (C=O) groups is 1. The number of carbonyl (C=O) groups excluding carboxylic acids is 1. The van der Waals surface area contributed by atoms with Gasteiger partial charge in [0.15, 0.2) is 6.61 Å². The number of amides is 1. The number of hydrogen-bond donors (Lipinski definition) is 1. The van der Waals surface area contributed by atoms with Crippen molar-refractivity contribution in [1.82, 2.24) is 15.2 Å². The summed E-state index contributed by atoms with van der Waals surface area (Å²) in [4.78, 5) is 10.9. The lowest BCUT2D eigenvalue weighted by atomic mass is 10.1. The van der Waals surface area contributed by atoms with Crippen molar-refractivity contribution >= 4 is 11.8 Å². The smallest absolute Gasteiger partial charge is 0.333 e. The first-order valence-electron chi connectivity index (χ1n) is 6.06. The highest BCUT2D eigenvalue weighted by Crippen LogP contribution is 2.21. The average molecular weight is 292 g/mol. The molecule has 2 heterocycles. The maximum absolute atomic E-state index is 12.5. The van der Waals surface area contributed by atoms with Crippen LogP contribution < -0.4 is 5.43 Å². The molecule has 1 aromatic carbocycles. The number of halogens is 2. The summed E-state index contributed by atoms with van der Waals surface area (Å²) < 4.78 is 30.7. The van der Waals surface area contributed by atoms with Gasteiger partial charge in [0.1, 0.15) is 0 Å². The zero-order chi connectivity index (χ0) is 14.8. The van der Waals surface area contributed by atoms with Crippen LogP contribution in [0.25, 0.3) is 11.1 Å². The molecule has 8 heteroatoms. The van der Waals surface area contributed by atoms with E-state index in [0.717, 1.165) is 5.56 Å². The van der Waals surface area contributed by atoms with Crippen LogP contribution in [0.5, 0.6) is 0 Å². The molecule has 0 aliphatic carbocycles. The monoisotopic (exact) mass is 292 g/mol. The molecule has 0 fully saturated rings. The summed E-state index contributed by atoms with van der Waals surface area (Å²) in [5.74, 6) is -0.000732. The van der Waals surface area contributed by atoms with Crippen molar-refractivity contribution < 1.29 is 18.3 Å². The first-order chi connectivity index (χ1) is 10.1. The number of aromatic nitrogens is 2. The minimum Gasteiger partial charge on any atom is -0.466 e. The van der Waals surface area contributed by atoms with Gasteiger partial charge >= 0.3 is 6.55 Å². The van der Waals surface area contributed by atoms with Gasteiger partial charge in [-0.25, -0.2) is 10.1 Å². The summed E-state index contributed by atoms with van der Waals surface area (Å²) in [5.41, 5.74) is 4.33. The SMILES string of the molecule is O=C1COC(c2ccc(-c3cnn(C(F)F)c3)cc2)=NN1. The van der Waals surface area contributed by atoms with E-state index in [4.69, 9.17) is 4.74 Å². The van der Waals surface area contributed by atoms with E-state index in [2.05, 4.69) is 15.6 Å². The van der Waals surface area contributed by atoms with Crippen molar-refractivity contribution in [2.24, 2.45) is 5.10 Å². The summed E-state index contributed by atoms with van der Waals surface area (Å²) >= 11 is 0. The maximum atomic E-state index is 12.5. The average Bonchev–Trinajstić information content (AvgIpc) is 2.98. The number of hydrazone groups is 1. The van der Waals surface area contributed by atoms with E-state index in [1.165, 1.54) is 12.4 Å². The van der Waals surface area contributed by atoms with Crippen LogP contribution in [-0.2, 0) is 9.53 Å². The molecule has 3 rings (SSSR count). The molecule has 1 amide bonds. The molecule has 0 radical (unpaired) electrons. The van der Waals surface area contributed by atoms with Crippen molar-refractivity contribution in [3.05, 3.63) is 42.2 Å². The molecule has 108 valence electrons. The topological polar surface area (TPSA) is 68.5 Å². The van der Waals surface area contributed by atoms with Crippen LogP contribution in [0.1, 0.15) is 12.1 Å². The van der Waals surface area contributed by atoms with Gasteiger partial charge in [-0.2, -0.15) is 13.9 Å². The fraction of sp³-hybridized carbons (Fsp3) is 0.154. The standard InChI is InChI=1S/C13H10F2N4O2/c14-13(15)19-6-10(5-16-19)8-1-3-9(4-2-8)12-18-17-11(20)7-21-12/h1-6,13H,7H2,(H,17,20). The van der Waals surface area contributed by atoms with E-state index >= 15 is 0 Å². The summed E-state index contributed by atoms with van der Waals surface area (Å²) in [5, 5.41) is 7.37. The molecular weight excluding hydrogens is 282 g/mol. The van der Waals surface area contributed by atoms with Crippen molar-refractivity contribution in [2.45, 2.75) is 6.55 Å². The van der Waals surface area contributed by atoms with Crippen LogP contribution in [0.3, 0.4) is 0 Å². The zero-order valence-corrected chi connectivity index (χ0v) is 10.7. The molecule has 0 saturated carbocycles. The van der Waals surface area contributed by atoms with Gasteiger partial charge in [-0.1, -0.05) is 12.1 Å². The molecule has 0 unspecified atom stereocenters. The number of nitrogens with zero attached hydrogens (tertiary/aromatic N) is 3. The normalized spacial score (nSPS) is 14.6. The fourth-order valence-electron chi connectivity index (χ4n) is 1.86. The Labute approximate surface area is 118 Å². The van der Waals surface area contributed by atoms with Crippen LogP contribution in [-0.4, -0.2) is 28.2 Å². The Bertz CT molecular complexity index is 694. The van der Waals surface area contributed by atoms with Crippen molar-refractivity contribution in [3.63, 3.8) is 0 Å². The Morgan fingerprint density at radius 2 is 1.90 bits per heavy atom. The van der Waals surface area contributed by atoms with Crippen LogP contribution in [0.2, 0.25) is 0 Å². The quantitative estimate of drug-likeness (QED) is 0.937. The lowest BCUT2D eigenvalue weighted by Crippen LogP contribution is -2.32. The number of benzene rings is 1. The van der Waals surface area contributed by atoms with E-state index < -0.39 is 6.55 Å². The number of rotatable bonds is 3. The van der Waals surface area contributed by atoms with Gasteiger partial charge in [0.2, 0.25) is 5.90 Å². The van der Waals surface area contributed by atoms with Gasteiger partial charge in [-0.05, 0) is 17.7 Å². The van der Waals surface area contributed by atoms with Crippen molar-refractivity contribution in [1.29, 1.82) is 0 Å². The molecule has 2 aromatic rings. The molecule has 1 N–H and O–H groups in total. The third-order valence-corrected chi connectivity index (χ3v) is 2.89. The lowest BCUT2D eigenvalue weighted by molar-refractivity contribution is -0.124. The Balaban J connectivity index is 1.82. The second-order valence-corrected chi connectivity index (χ2v) is 4.30. The number of ether oxygens (including phenoxy) is 1. The zero-order valence-electron chi connectivity index (χ0n) is 10.7. The van der Waals surface area contributed by atoms with E-state index in [9.17, 15) is 13.6 Å². The predicted molar refractivity (Wildman–Crippen MR) is 69.5 cm³/mol. The molecule has 1 aromatic heterocycles. The van der Waals surface area contributed by atoms with Gasteiger partial charge in [-0.15, -0.1) is 5.10 Å². The van der Waals surface area contributed by atoms with Crippen molar-refractivity contribution in [2.75, 3.05) is 6.61 Å². The Kier molecular flexibility index (Phi) is 3.35. The largest absolute Gasteiger partial charge is 0.466 e. The molecule has 21 heavy (non-hydrogen) atoms. The van der Waals surface area contributed by atoms with Crippen LogP contribution in [0, 0.1) is 0 Å². The second kappa shape index (κ2) is 5.31. The number of hydrogen-bond acceptors (Lipinski definition) is 4. The molecular formula is C13H10F2N4O2. The maximum Gasteiger partial charge on any atom is 0.333 e. The van der Waals surface area contributed by atoms with Gasteiger partial charge in [0.05, 0.1) is 6.20 Å². The van der Waals surface area contributed by atoms with Crippen LogP contribution in [0.4, 0.5) is 8.78 Å². The Morgan fingerprint density at radius 3 is 2.48 bits per heavy atom. The molecule has 0 bridgehead atoms. The van der Waals surface area contributed by atoms with E-state index in [1.54, 1.807) is 24.3 Å². The van der Waals surface area contributed by atoms with E-state index in [-0.39, 0.29) is 12.5 Å². The molecule has 0 atom stereocenters. The van der Waals surface area contributed by atoms with E-state index in [1.807, 2.05) is 0 Å². The second-order valence-electron chi connectivity index (χ2n) is 4.30. The third kappa shape index (κ3) is 2.73. The molecule has 0 spiro atoms. The highest BCUT2D eigenvalue weighted by atomic mass is 19.3. The highest BCUT2D eigenvalue weighted by Gasteiger charge is 2.14. The summed E-state index contributed by atoms with van der Waals surface area (Å²) in [6, 6.07) is 6.94. The third-order valence-electron chi connectivity index (χ3n) is 2.89. The molecule has 1 aliphatic heterocycles. The van der Waals surface area contributed by atoms with Gasteiger partial charge in [0.25, 0.3) is 5.91 Å². The highest BCUT2D eigenvalue weighted by molar-refractivity contribution is 5.98. The number of alkyl halides is 2. The van der Waals surface area contributed by atoms with Crippen LogP contribution in [0.15, 0.2) is 41.8 Å². The number of nitrogens with one attached hydrogen (secondary N) is 1. The van der Waals surface area contributed by atoms with Crippen molar-refractivity contribution in [3.8, 4) is 11.1 Å². The van der Waals surface area contributed by atoms with Gasteiger partial charge in [0, 0.05) is 17.3 Å². The summed E-state index contributed by atoms with van der Waals surface area (Å²) in [7, 11) is 0. The summed E-state index contributed by atoms with van der Waals surface area (Å²) in [6.07, 6.45) is 2.64. The Hall–Kier alpha value is -2.77. The molecule has 0 saturated heterocycles. The first kappa shape index (κ1) is 13.2. The minimum atomic E-state index is -2.66. The van der Waals surface area contributed by atoms with Gasteiger partial charge in [-0.3, -0.25) is 4.79 Å². The fourth-order valence-corrected chi connectivity index (χ4v) is 1.86. The first-order valence-corrected chi connectivity index (χ1v) is 6.06. The minimum absolute atomic E-state index is 0.0816. The van der Waals surface area contributed by atoms with E-state index in [0.29, 0.717) is 21.7 Å². The van der Waals surface area contributed by atoms with Gasteiger partial charge < -0.3 is 4.74 Å².